The Kier molecular flexibility index (Phi) is 8.43. The third-order valence-electron chi connectivity index (χ3n) is 5.76. The number of alkyl halides is 3. The van der Waals surface area contributed by atoms with Crippen molar-refractivity contribution in [2.75, 3.05) is 12.4 Å². The number of amidine groups is 2. The van der Waals surface area contributed by atoms with E-state index >= 15 is 0 Å². The lowest BCUT2D eigenvalue weighted by atomic mass is 9.84. The average molecular weight is 497 g/mol. The van der Waals surface area contributed by atoms with Gasteiger partial charge >= 0.3 is 6.18 Å². The van der Waals surface area contributed by atoms with Crippen LogP contribution in [-0.4, -0.2) is 30.8 Å². The van der Waals surface area contributed by atoms with E-state index < -0.39 is 11.7 Å². The van der Waals surface area contributed by atoms with Crippen LogP contribution in [0.3, 0.4) is 0 Å². The zero-order valence-corrected chi connectivity index (χ0v) is 21.7. The SMILES string of the molecule is C/N=C(NC1C=CC=CC1)\C(=N/C(C)C)Nc1cc(-c2ccccc2C(F)(F)F)ccc1C(C)(C)C. The van der Waals surface area contributed by atoms with E-state index in [2.05, 4.69) is 48.5 Å². The van der Waals surface area contributed by atoms with Gasteiger partial charge in [-0.2, -0.15) is 13.2 Å². The van der Waals surface area contributed by atoms with E-state index in [0.717, 1.165) is 18.1 Å². The van der Waals surface area contributed by atoms with E-state index in [-0.39, 0.29) is 23.1 Å². The fourth-order valence-corrected chi connectivity index (χ4v) is 4.09. The number of halogens is 3. The smallest absolute Gasteiger partial charge is 0.361 e. The summed E-state index contributed by atoms with van der Waals surface area (Å²) in [5, 5.41) is 6.86. The molecule has 1 aliphatic carbocycles. The predicted octanol–water partition coefficient (Wildman–Crippen LogP) is 7.39. The Labute approximate surface area is 212 Å². The summed E-state index contributed by atoms with van der Waals surface area (Å²) in [5.41, 5.74) is 1.34. The molecule has 1 aliphatic rings. The summed E-state index contributed by atoms with van der Waals surface area (Å²) in [6, 6.07) is 11.1. The average Bonchev–Trinajstić information content (AvgIpc) is 2.81. The van der Waals surface area contributed by atoms with Crippen LogP contribution in [0.2, 0.25) is 0 Å². The van der Waals surface area contributed by atoms with Crippen LogP contribution in [0.15, 0.2) is 76.8 Å². The molecule has 0 saturated carbocycles. The molecule has 0 saturated heterocycles. The van der Waals surface area contributed by atoms with E-state index in [1.54, 1.807) is 25.2 Å². The summed E-state index contributed by atoms with van der Waals surface area (Å²) in [6.07, 6.45) is 4.50. The fourth-order valence-electron chi connectivity index (χ4n) is 4.09. The lowest BCUT2D eigenvalue weighted by molar-refractivity contribution is -0.137. The van der Waals surface area contributed by atoms with Crippen LogP contribution >= 0.6 is 0 Å². The maximum atomic E-state index is 13.8. The van der Waals surface area contributed by atoms with E-state index in [9.17, 15) is 13.2 Å². The normalized spacial score (nSPS) is 17.0. The molecular formula is C29H35F3N4. The number of nitrogens with one attached hydrogen (secondary N) is 2. The summed E-state index contributed by atoms with van der Waals surface area (Å²) < 4.78 is 41.3. The highest BCUT2D eigenvalue weighted by molar-refractivity contribution is 6.44. The van der Waals surface area contributed by atoms with Crippen LogP contribution in [0.5, 0.6) is 0 Å². The Hall–Kier alpha value is -3.35. The van der Waals surface area contributed by atoms with Gasteiger partial charge in [-0.1, -0.05) is 75.4 Å². The van der Waals surface area contributed by atoms with Crippen LogP contribution in [0.1, 0.15) is 52.2 Å². The van der Waals surface area contributed by atoms with Gasteiger partial charge in [0.05, 0.1) is 5.56 Å². The minimum Gasteiger partial charge on any atom is -0.361 e. The molecule has 4 nitrogen and oxygen atoms in total. The zero-order chi connectivity index (χ0) is 26.5. The van der Waals surface area contributed by atoms with Gasteiger partial charge in [-0.3, -0.25) is 9.98 Å². The summed E-state index contributed by atoms with van der Waals surface area (Å²) >= 11 is 0. The zero-order valence-electron chi connectivity index (χ0n) is 21.7. The second kappa shape index (κ2) is 11.1. The highest BCUT2D eigenvalue weighted by Crippen LogP contribution is 2.39. The molecule has 1 unspecified atom stereocenters. The van der Waals surface area contributed by atoms with Crippen LogP contribution in [-0.2, 0) is 11.6 Å². The highest BCUT2D eigenvalue weighted by atomic mass is 19.4. The van der Waals surface area contributed by atoms with E-state index in [4.69, 9.17) is 4.99 Å². The maximum Gasteiger partial charge on any atom is 0.417 e. The van der Waals surface area contributed by atoms with Crippen molar-refractivity contribution < 1.29 is 13.2 Å². The first-order valence-electron chi connectivity index (χ1n) is 12.1. The van der Waals surface area contributed by atoms with Gasteiger partial charge < -0.3 is 10.6 Å². The summed E-state index contributed by atoms with van der Waals surface area (Å²) in [4.78, 5) is 9.24. The number of hydrogen-bond donors (Lipinski definition) is 2. The van der Waals surface area contributed by atoms with Gasteiger partial charge in [0.15, 0.2) is 11.7 Å². The molecule has 0 bridgehead atoms. The lowest BCUT2D eigenvalue weighted by Gasteiger charge is -2.26. The molecule has 0 aliphatic heterocycles. The van der Waals surface area contributed by atoms with Crippen LogP contribution in [0, 0.1) is 0 Å². The number of aliphatic imine (C=N–C) groups is 2. The second-order valence-electron chi connectivity index (χ2n) is 10.1. The molecule has 2 aromatic rings. The maximum absolute atomic E-state index is 13.8. The predicted molar refractivity (Wildman–Crippen MR) is 145 cm³/mol. The first-order chi connectivity index (χ1) is 16.9. The van der Waals surface area contributed by atoms with Gasteiger partial charge in [-0.15, -0.1) is 0 Å². The topological polar surface area (TPSA) is 48.8 Å². The number of allylic oxidation sites excluding steroid dienone is 2. The molecule has 0 spiro atoms. The molecule has 36 heavy (non-hydrogen) atoms. The van der Waals surface area contributed by atoms with Crippen LogP contribution in [0.4, 0.5) is 18.9 Å². The van der Waals surface area contributed by atoms with Gasteiger partial charge in [0.25, 0.3) is 0 Å². The van der Waals surface area contributed by atoms with Gasteiger partial charge in [0.1, 0.15) is 0 Å². The van der Waals surface area contributed by atoms with Crippen molar-refractivity contribution in [2.24, 2.45) is 9.98 Å². The van der Waals surface area contributed by atoms with E-state index in [1.807, 2.05) is 32.1 Å². The largest absolute Gasteiger partial charge is 0.417 e. The molecule has 0 fully saturated rings. The van der Waals surface area contributed by atoms with Gasteiger partial charge in [-0.25, -0.2) is 0 Å². The fraction of sp³-hybridized carbons (Fsp3) is 0.379. The Balaban J connectivity index is 2.09. The number of benzene rings is 2. The quantitative estimate of drug-likeness (QED) is 0.342. The van der Waals surface area contributed by atoms with Gasteiger partial charge in [0, 0.05) is 24.8 Å². The standard InChI is InChI=1S/C29H35F3N4/c1-19(2)34-27(26(33-6)35-21-12-8-7-9-13-21)36-25-18-20(16-17-24(25)28(3,4)5)22-14-10-11-15-23(22)29(30,31)32/h7-12,14-19,21H,13H2,1-6H3,(H,33,35)(H,34,36). The number of hydrogen-bond acceptors (Lipinski definition) is 2. The number of rotatable bonds is 4. The van der Waals surface area contributed by atoms with Crippen molar-refractivity contribution in [2.45, 2.75) is 64.7 Å². The Bertz CT molecular complexity index is 1180. The van der Waals surface area contributed by atoms with Crippen molar-refractivity contribution in [1.29, 1.82) is 0 Å². The second-order valence-corrected chi connectivity index (χ2v) is 10.1. The molecular weight excluding hydrogens is 461 g/mol. The van der Waals surface area contributed by atoms with Crippen LogP contribution < -0.4 is 10.6 Å². The number of nitrogens with zero attached hydrogens (tertiary/aromatic N) is 2. The molecule has 192 valence electrons. The monoisotopic (exact) mass is 496 g/mol. The van der Waals surface area contributed by atoms with Crippen molar-refractivity contribution in [3.8, 4) is 11.1 Å². The van der Waals surface area contributed by atoms with Crippen LogP contribution in [0.25, 0.3) is 11.1 Å². The Morgan fingerprint density at radius 3 is 2.28 bits per heavy atom. The number of anilines is 1. The molecule has 2 aromatic carbocycles. The van der Waals surface area contributed by atoms with Gasteiger partial charge in [-0.05, 0) is 54.5 Å². The summed E-state index contributed by atoms with van der Waals surface area (Å²) in [5.74, 6) is 1.14. The molecule has 1 atom stereocenters. The molecule has 3 rings (SSSR count). The van der Waals surface area contributed by atoms with Crippen molar-refractivity contribution in [3.05, 3.63) is 77.9 Å². The first-order valence-corrected chi connectivity index (χ1v) is 12.1. The van der Waals surface area contributed by atoms with E-state index in [1.165, 1.54) is 12.1 Å². The van der Waals surface area contributed by atoms with Crippen molar-refractivity contribution in [3.63, 3.8) is 0 Å². The Morgan fingerprint density at radius 2 is 1.69 bits per heavy atom. The van der Waals surface area contributed by atoms with Crippen molar-refractivity contribution >= 4 is 17.4 Å². The van der Waals surface area contributed by atoms with Gasteiger partial charge in [0.2, 0.25) is 0 Å². The molecule has 0 aromatic heterocycles. The van der Waals surface area contributed by atoms with E-state index in [0.29, 0.717) is 22.9 Å². The third-order valence-corrected chi connectivity index (χ3v) is 5.76. The lowest BCUT2D eigenvalue weighted by Crippen LogP contribution is -2.42. The summed E-state index contributed by atoms with van der Waals surface area (Å²) in [6.45, 7) is 10.2. The molecule has 0 radical (unpaired) electrons. The third kappa shape index (κ3) is 6.86. The first kappa shape index (κ1) is 27.2. The molecule has 7 heteroatoms. The molecule has 0 amide bonds. The minimum absolute atomic E-state index is 0.0277. The Morgan fingerprint density at radius 1 is 0.972 bits per heavy atom. The molecule has 2 N–H and O–H groups in total. The highest BCUT2D eigenvalue weighted by Gasteiger charge is 2.33. The molecule has 0 heterocycles. The minimum atomic E-state index is -4.45. The van der Waals surface area contributed by atoms with Crippen molar-refractivity contribution in [1.82, 2.24) is 5.32 Å². The summed E-state index contributed by atoms with van der Waals surface area (Å²) in [7, 11) is 1.70.